The van der Waals surface area contributed by atoms with E-state index in [4.69, 9.17) is 16.3 Å². The third-order valence-electron chi connectivity index (χ3n) is 4.31. The second-order valence-electron chi connectivity index (χ2n) is 5.86. The molecule has 1 heterocycles. The largest absolute Gasteiger partial charge is 0.468 e. The number of fused-ring (bicyclic) bond motifs is 1. The highest BCUT2D eigenvalue weighted by molar-refractivity contribution is 6.31. The van der Waals surface area contributed by atoms with Gasteiger partial charge < -0.3 is 14.7 Å². The minimum atomic E-state index is -0.283. The van der Waals surface area contributed by atoms with Gasteiger partial charge in [0.15, 0.2) is 0 Å². The zero-order chi connectivity index (χ0) is 18.5. The van der Waals surface area contributed by atoms with Gasteiger partial charge in [-0.25, -0.2) is 0 Å². The van der Waals surface area contributed by atoms with Crippen LogP contribution in [0.15, 0.2) is 53.6 Å². The van der Waals surface area contributed by atoms with Gasteiger partial charge in [0.25, 0.3) is 0 Å². The van der Waals surface area contributed by atoms with E-state index in [1.807, 2.05) is 60.0 Å². The summed E-state index contributed by atoms with van der Waals surface area (Å²) in [4.78, 5) is 11.7. The van der Waals surface area contributed by atoms with Gasteiger partial charge in [-0.05, 0) is 24.6 Å². The second-order valence-corrected chi connectivity index (χ2v) is 6.27. The van der Waals surface area contributed by atoms with Crippen molar-refractivity contribution in [2.45, 2.75) is 20.0 Å². The summed E-state index contributed by atoms with van der Waals surface area (Å²) >= 11 is 6.15. The van der Waals surface area contributed by atoms with E-state index in [2.05, 4.69) is 10.5 Å². The zero-order valence-corrected chi connectivity index (χ0v) is 15.5. The van der Waals surface area contributed by atoms with Gasteiger partial charge in [-0.2, -0.15) is 5.10 Å². The number of methoxy groups -OCH3 is 1. The number of carbonyl (C=O) groups is 1. The van der Waals surface area contributed by atoms with E-state index in [0.29, 0.717) is 11.6 Å². The maximum atomic E-state index is 11.7. The molecule has 5 nitrogen and oxygen atoms in total. The summed E-state index contributed by atoms with van der Waals surface area (Å²) in [5.41, 5.74) is 6.91. The summed E-state index contributed by atoms with van der Waals surface area (Å²) < 4.78 is 6.75. The molecule has 0 aliphatic heterocycles. The molecular weight excluding hydrogens is 350 g/mol. The van der Waals surface area contributed by atoms with E-state index in [-0.39, 0.29) is 12.5 Å². The fourth-order valence-corrected chi connectivity index (χ4v) is 3.10. The van der Waals surface area contributed by atoms with Crippen molar-refractivity contribution in [1.82, 2.24) is 9.99 Å². The maximum Gasteiger partial charge on any atom is 0.325 e. The molecule has 0 saturated carbocycles. The van der Waals surface area contributed by atoms with Crippen LogP contribution in [0.2, 0.25) is 5.02 Å². The fourth-order valence-electron chi connectivity index (χ4n) is 2.90. The van der Waals surface area contributed by atoms with E-state index in [9.17, 15) is 4.79 Å². The lowest BCUT2D eigenvalue weighted by atomic mass is 10.1. The molecular formula is C20H20ClN3O2. The first-order valence-electron chi connectivity index (χ1n) is 8.25. The number of halogens is 1. The third-order valence-corrected chi connectivity index (χ3v) is 4.68. The Morgan fingerprint density at radius 1 is 1.23 bits per heavy atom. The molecule has 0 spiro atoms. The lowest BCUT2D eigenvalue weighted by Gasteiger charge is -2.06. The molecule has 0 saturated heterocycles. The number of carbonyl (C=O) groups excluding carboxylic acids is 1. The molecule has 1 N–H and O–H groups in total. The number of para-hydroxylation sites is 1. The molecule has 3 aromatic rings. The van der Waals surface area contributed by atoms with Crippen LogP contribution in [0.25, 0.3) is 10.9 Å². The molecule has 6 heteroatoms. The highest BCUT2D eigenvalue weighted by Gasteiger charge is 2.14. The van der Waals surface area contributed by atoms with Crippen molar-refractivity contribution >= 4 is 34.7 Å². The number of nitrogens with zero attached hydrogens (tertiary/aromatic N) is 2. The Morgan fingerprint density at radius 2 is 1.96 bits per heavy atom. The summed E-state index contributed by atoms with van der Waals surface area (Å²) in [6, 6.07) is 15.6. The normalized spacial score (nSPS) is 11.2. The van der Waals surface area contributed by atoms with Crippen LogP contribution in [0.1, 0.15) is 16.8 Å². The number of ether oxygens (including phenoxy) is 1. The summed E-state index contributed by atoms with van der Waals surface area (Å²) in [5.74, 6) is -0.283. The summed E-state index contributed by atoms with van der Waals surface area (Å²) in [5, 5.41) is 6.09. The Kier molecular flexibility index (Phi) is 5.58. The van der Waals surface area contributed by atoms with E-state index < -0.39 is 0 Å². The Balaban J connectivity index is 1.84. The molecule has 0 unspecified atom stereocenters. The standard InChI is InChI=1S/C20H20ClN3O2/c1-14-17(12-23-22-11-15-7-3-5-9-18(15)21)16-8-4-6-10-19(16)24(14)13-20(25)26-2/h3-10,12,22H,11,13H2,1-2H3/b23-12-. The minimum absolute atomic E-state index is 0.170. The first-order valence-corrected chi connectivity index (χ1v) is 8.63. The van der Waals surface area contributed by atoms with E-state index >= 15 is 0 Å². The van der Waals surface area contributed by atoms with Gasteiger partial charge in [-0.1, -0.05) is 48.0 Å². The molecule has 0 atom stereocenters. The molecule has 26 heavy (non-hydrogen) atoms. The zero-order valence-electron chi connectivity index (χ0n) is 14.7. The summed E-state index contributed by atoms with van der Waals surface area (Å²) in [6.07, 6.45) is 1.78. The second kappa shape index (κ2) is 8.06. The van der Waals surface area contributed by atoms with Crippen molar-refractivity contribution in [2.24, 2.45) is 5.10 Å². The van der Waals surface area contributed by atoms with Gasteiger partial charge in [-0.15, -0.1) is 0 Å². The van der Waals surface area contributed by atoms with E-state index in [1.54, 1.807) is 6.21 Å². The summed E-state index contributed by atoms with van der Waals surface area (Å²) in [7, 11) is 1.39. The Labute approximate surface area is 157 Å². The molecule has 3 rings (SSSR count). The Bertz CT molecular complexity index is 963. The molecule has 0 radical (unpaired) electrons. The Morgan fingerprint density at radius 3 is 2.73 bits per heavy atom. The van der Waals surface area contributed by atoms with Gasteiger partial charge >= 0.3 is 5.97 Å². The third kappa shape index (κ3) is 3.73. The van der Waals surface area contributed by atoms with Crippen LogP contribution in [0.5, 0.6) is 0 Å². The predicted octanol–water partition coefficient (Wildman–Crippen LogP) is 3.90. The van der Waals surface area contributed by atoms with Crippen molar-refractivity contribution in [1.29, 1.82) is 0 Å². The molecule has 0 amide bonds. The van der Waals surface area contributed by atoms with Crippen LogP contribution in [0.3, 0.4) is 0 Å². The number of nitrogens with one attached hydrogen (secondary N) is 1. The van der Waals surface area contributed by atoms with Crippen molar-refractivity contribution < 1.29 is 9.53 Å². The molecule has 0 aliphatic rings. The maximum absolute atomic E-state index is 11.7. The Hall–Kier alpha value is -2.79. The van der Waals surface area contributed by atoms with Gasteiger partial charge in [0.05, 0.1) is 19.9 Å². The topological polar surface area (TPSA) is 55.6 Å². The van der Waals surface area contributed by atoms with E-state index in [1.165, 1.54) is 7.11 Å². The number of hydrogen-bond donors (Lipinski definition) is 1. The highest BCUT2D eigenvalue weighted by atomic mass is 35.5. The van der Waals surface area contributed by atoms with Gasteiger partial charge in [-0.3, -0.25) is 4.79 Å². The number of hydrazone groups is 1. The van der Waals surface area contributed by atoms with Crippen LogP contribution < -0.4 is 5.43 Å². The minimum Gasteiger partial charge on any atom is -0.468 e. The van der Waals surface area contributed by atoms with Crippen LogP contribution in [-0.4, -0.2) is 23.9 Å². The SMILES string of the molecule is COC(=O)Cn1c(C)c(/C=N\NCc2ccccc2Cl)c2ccccc21. The monoisotopic (exact) mass is 369 g/mol. The average Bonchev–Trinajstić information content (AvgIpc) is 2.92. The molecule has 0 fully saturated rings. The first-order chi connectivity index (χ1) is 12.6. The van der Waals surface area contributed by atoms with Crippen LogP contribution in [0.4, 0.5) is 0 Å². The predicted molar refractivity (Wildman–Crippen MR) is 105 cm³/mol. The van der Waals surface area contributed by atoms with Gasteiger partial charge in [0.2, 0.25) is 0 Å². The number of esters is 1. The molecule has 2 aromatic carbocycles. The van der Waals surface area contributed by atoms with E-state index in [0.717, 1.165) is 27.7 Å². The average molecular weight is 370 g/mol. The van der Waals surface area contributed by atoms with Crippen LogP contribution in [0, 0.1) is 6.92 Å². The van der Waals surface area contributed by atoms with Crippen molar-refractivity contribution in [3.63, 3.8) is 0 Å². The van der Waals surface area contributed by atoms with Gasteiger partial charge in [0.1, 0.15) is 6.54 Å². The van der Waals surface area contributed by atoms with Crippen molar-refractivity contribution in [3.05, 3.63) is 70.4 Å². The summed E-state index contributed by atoms with van der Waals surface area (Å²) in [6.45, 7) is 2.68. The van der Waals surface area contributed by atoms with Gasteiger partial charge in [0, 0.05) is 27.2 Å². The lowest BCUT2D eigenvalue weighted by Crippen LogP contribution is -2.12. The smallest absolute Gasteiger partial charge is 0.325 e. The number of aromatic nitrogens is 1. The highest BCUT2D eigenvalue weighted by Crippen LogP contribution is 2.24. The van der Waals surface area contributed by atoms with Crippen LogP contribution in [-0.2, 0) is 22.6 Å². The number of hydrogen-bond acceptors (Lipinski definition) is 4. The van der Waals surface area contributed by atoms with Crippen molar-refractivity contribution in [2.75, 3.05) is 7.11 Å². The number of rotatable bonds is 6. The lowest BCUT2D eigenvalue weighted by molar-refractivity contribution is -0.141. The first kappa shape index (κ1) is 18.0. The van der Waals surface area contributed by atoms with Crippen molar-refractivity contribution in [3.8, 4) is 0 Å². The molecule has 1 aromatic heterocycles. The molecule has 0 bridgehead atoms. The molecule has 0 aliphatic carbocycles. The number of benzene rings is 2. The van der Waals surface area contributed by atoms with Crippen LogP contribution >= 0.6 is 11.6 Å². The quantitative estimate of drug-likeness (QED) is 0.407. The fraction of sp³-hybridized carbons (Fsp3) is 0.200. The molecule has 134 valence electrons.